The highest BCUT2D eigenvalue weighted by Crippen LogP contribution is 2.44. The molecular formula is C24H17F6N5O6. The van der Waals surface area contributed by atoms with Crippen molar-refractivity contribution in [3.8, 4) is 28.5 Å². The molecular weight excluding hydrogens is 568 g/mol. The largest absolute Gasteiger partial charge is 0.507 e. The van der Waals surface area contributed by atoms with Crippen LogP contribution in [0.2, 0.25) is 0 Å². The molecule has 0 bridgehead atoms. The number of hydrogen-bond donors (Lipinski definition) is 5. The third-order valence-corrected chi connectivity index (χ3v) is 5.20. The number of amidine groups is 1. The standard InChI is InChI=1S/C24H17F6N5O6/c25-23(26,27)21(38)40-16-7-13(20(33)37)12(3-1-2-10-6-11(19(31)32)4-5-15(10)36)18(41-22(39)24(28,29)30)17(16)14-8-34-9-35-14/h1-2,4-9,36H,3H2,(H3,31,32)(H2,33,37)(H,34,35)/b2-1+. The molecule has 0 aliphatic heterocycles. The molecule has 0 aliphatic carbocycles. The van der Waals surface area contributed by atoms with E-state index < -0.39 is 64.8 Å². The number of nitrogens with zero attached hydrogens (tertiary/aromatic N) is 1. The SMILES string of the molecule is N=C(N)c1ccc(O)c(/C=C/Cc2c(C(N)=O)cc(OC(=O)C(F)(F)F)c(-c3cnc[nH]3)c2OC(=O)C(F)(F)F)c1. The van der Waals surface area contributed by atoms with E-state index in [1.807, 2.05) is 0 Å². The molecule has 3 aromatic rings. The van der Waals surface area contributed by atoms with Gasteiger partial charge in [0, 0.05) is 16.7 Å². The number of ether oxygens (including phenoxy) is 2. The fourth-order valence-corrected chi connectivity index (χ4v) is 3.41. The molecule has 0 spiro atoms. The van der Waals surface area contributed by atoms with Gasteiger partial charge in [-0.1, -0.05) is 12.2 Å². The van der Waals surface area contributed by atoms with Gasteiger partial charge in [-0.3, -0.25) is 10.2 Å². The number of carbonyl (C=O) groups excluding carboxylic acids is 3. The van der Waals surface area contributed by atoms with Crippen LogP contribution in [-0.4, -0.2) is 51.1 Å². The van der Waals surface area contributed by atoms with Gasteiger partial charge >= 0.3 is 24.3 Å². The number of rotatable bonds is 8. The van der Waals surface area contributed by atoms with Crippen molar-refractivity contribution >= 4 is 29.8 Å². The number of phenols is 1. The molecule has 1 amide bonds. The molecule has 0 saturated carbocycles. The zero-order valence-electron chi connectivity index (χ0n) is 20.2. The number of aromatic nitrogens is 2. The van der Waals surface area contributed by atoms with Crippen molar-refractivity contribution in [2.45, 2.75) is 18.8 Å². The van der Waals surface area contributed by atoms with Crippen LogP contribution in [-0.2, 0) is 16.0 Å². The zero-order chi connectivity index (χ0) is 30.7. The fraction of sp³-hybridized carbons (Fsp3) is 0.125. The molecule has 17 heteroatoms. The summed E-state index contributed by atoms with van der Waals surface area (Å²) < 4.78 is 87.4. The quantitative estimate of drug-likeness (QED) is 0.0873. The number of phenolic OH excluding ortho intramolecular Hbond substituents is 1. The highest BCUT2D eigenvalue weighted by Gasteiger charge is 2.44. The monoisotopic (exact) mass is 585 g/mol. The number of hydrogen-bond acceptors (Lipinski definition) is 8. The van der Waals surface area contributed by atoms with Crippen molar-refractivity contribution in [2.75, 3.05) is 0 Å². The van der Waals surface area contributed by atoms with E-state index in [9.17, 15) is 45.8 Å². The third kappa shape index (κ3) is 7.00. The molecule has 0 radical (unpaired) electrons. The predicted molar refractivity (Wildman–Crippen MR) is 128 cm³/mol. The maximum Gasteiger partial charge on any atom is 0.491 e. The average molecular weight is 585 g/mol. The number of nitrogens with one attached hydrogen (secondary N) is 2. The van der Waals surface area contributed by atoms with E-state index in [0.717, 1.165) is 12.5 Å². The molecule has 0 atom stereocenters. The van der Waals surface area contributed by atoms with Gasteiger partial charge < -0.3 is 31.0 Å². The summed E-state index contributed by atoms with van der Waals surface area (Å²) in [5, 5.41) is 17.6. The van der Waals surface area contributed by atoms with Crippen LogP contribution >= 0.6 is 0 Å². The number of amides is 1. The Morgan fingerprint density at radius 2 is 1.66 bits per heavy atom. The lowest BCUT2D eigenvalue weighted by Crippen LogP contribution is -2.30. The molecule has 0 fully saturated rings. The molecule has 0 saturated heterocycles. The van der Waals surface area contributed by atoms with E-state index in [0.29, 0.717) is 6.07 Å². The highest BCUT2D eigenvalue weighted by atomic mass is 19.4. The molecule has 11 nitrogen and oxygen atoms in total. The number of carbonyl (C=O) groups is 3. The number of allylic oxidation sites excluding steroid dienone is 1. The smallest absolute Gasteiger partial charge is 0.491 e. The Kier molecular flexibility index (Phi) is 8.40. The van der Waals surface area contributed by atoms with Gasteiger partial charge in [0.1, 0.15) is 23.1 Å². The molecule has 3 rings (SSSR count). The number of alkyl halides is 6. The van der Waals surface area contributed by atoms with Crippen molar-refractivity contribution in [2.24, 2.45) is 11.5 Å². The Hall–Kier alpha value is -5.35. The molecule has 216 valence electrons. The van der Waals surface area contributed by atoms with E-state index in [1.54, 1.807) is 0 Å². The summed E-state index contributed by atoms with van der Waals surface area (Å²) in [4.78, 5) is 41.8. The number of nitrogen functional groups attached to an aromatic ring is 1. The molecule has 1 heterocycles. The van der Waals surface area contributed by atoms with Crippen LogP contribution in [0.15, 0.2) is 42.9 Å². The number of aromatic amines is 1. The predicted octanol–water partition coefficient (Wildman–Crippen LogP) is 3.36. The molecule has 41 heavy (non-hydrogen) atoms. The van der Waals surface area contributed by atoms with Gasteiger partial charge in [-0.05, 0) is 30.7 Å². The zero-order valence-corrected chi connectivity index (χ0v) is 20.2. The maximum atomic E-state index is 13.2. The van der Waals surface area contributed by atoms with Gasteiger partial charge in [-0.15, -0.1) is 0 Å². The van der Waals surface area contributed by atoms with E-state index in [4.69, 9.17) is 16.9 Å². The van der Waals surface area contributed by atoms with Gasteiger partial charge in [0.25, 0.3) is 0 Å². The number of aromatic hydroxyl groups is 1. The molecule has 0 unspecified atom stereocenters. The third-order valence-electron chi connectivity index (χ3n) is 5.20. The van der Waals surface area contributed by atoms with Crippen molar-refractivity contribution in [3.05, 3.63) is 65.1 Å². The fourth-order valence-electron chi connectivity index (χ4n) is 3.41. The Labute approximate surface area is 224 Å². The molecule has 0 aliphatic rings. The minimum atomic E-state index is -5.61. The lowest BCUT2D eigenvalue weighted by Gasteiger charge is -2.20. The summed E-state index contributed by atoms with van der Waals surface area (Å²) in [6, 6.07) is 4.36. The lowest BCUT2D eigenvalue weighted by molar-refractivity contribution is -0.190. The summed E-state index contributed by atoms with van der Waals surface area (Å²) in [5.41, 5.74) is 8.53. The number of esters is 2. The Morgan fingerprint density at radius 1 is 1.02 bits per heavy atom. The second-order valence-electron chi connectivity index (χ2n) is 8.00. The van der Waals surface area contributed by atoms with E-state index in [-0.39, 0.29) is 28.4 Å². The topological polar surface area (TPSA) is 194 Å². The average Bonchev–Trinajstić information content (AvgIpc) is 3.39. The van der Waals surface area contributed by atoms with Crippen LogP contribution in [0, 0.1) is 5.41 Å². The second kappa shape index (κ2) is 11.4. The number of nitrogens with two attached hydrogens (primary N) is 2. The minimum Gasteiger partial charge on any atom is -0.507 e. The van der Waals surface area contributed by atoms with Crippen LogP contribution in [0.4, 0.5) is 26.3 Å². The normalized spacial score (nSPS) is 11.9. The first-order valence-corrected chi connectivity index (χ1v) is 10.9. The van der Waals surface area contributed by atoms with Crippen LogP contribution in [0.1, 0.15) is 27.0 Å². The number of primary amides is 1. The Morgan fingerprint density at radius 3 is 2.20 bits per heavy atom. The summed E-state index contributed by atoms with van der Waals surface area (Å²) in [6.07, 6.45) is -7.51. The summed E-state index contributed by atoms with van der Waals surface area (Å²) >= 11 is 0. The highest BCUT2D eigenvalue weighted by molar-refractivity contribution is 5.99. The van der Waals surface area contributed by atoms with E-state index in [2.05, 4.69) is 19.4 Å². The lowest BCUT2D eigenvalue weighted by atomic mass is 9.95. The first kappa shape index (κ1) is 30.2. The number of halogens is 6. The van der Waals surface area contributed by atoms with Gasteiger partial charge in [0.2, 0.25) is 5.91 Å². The van der Waals surface area contributed by atoms with Crippen LogP contribution < -0.4 is 20.9 Å². The van der Waals surface area contributed by atoms with Crippen LogP contribution in [0.25, 0.3) is 17.3 Å². The molecule has 2 aromatic carbocycles. The van der Waals surface area contributed by atoms with Crippen molar-refractivity contribution in [1.82, 2.24) is 9.97 Å². The molecule has 1 aromatic heterocycles. The van der Waals surface area contributed by atoms with Crippen LogP contribution in [0.3, 0.4) is 0 Å². The summed E-state index contributed by atoms with van der Waals surface area (Å²) in [5.74, 6) is -9.96. The number of imidazole rings is 1. The Bertz CT molecular complexity index is 1550. The van der Waals surface area contributed by atoms with Gasteiger partial charge in [0.05, 0.1) is 29.3 Å². The van der Waals surface area contributed by atoms with Crippen molar-refractivity contribution in [3.63, 3.8) is 0 Å². The molecule has 7 N–H and O–H groups in total. The summed E-state index contributed by atoms with van der Waals surface area (Å²) in [6.45, 7) is 0. The van der Waals surface area contributed by atoms with Crippen LogP contribution in [0.5, 0.6) is 17.2 Å². The number of benzene rings is 2. The van der Waals surface area contributed by atoms with E-state index in [1.165, 1.54) is 30.4 Å². The minimum absolute atomic E-state index is 0.0664. The van der Waals surface area contributed by atoms with Gasteiger partial charge in [-0.25, -0.2) is 14.6 Å². The maximum absolute atomic E-state index is 13.2. The van der Waals surface area contributed by atoms with Gasteiger partial charge in [-0.2, -0.15) is 26.3 Å². The Balaban J connectivity index is 2.28. The van der Waals surface area contributed by atoms with Gasteiger partial charge in [0.15, 0.2) is 0 Å². The van der Waals surface area contributed by atoms with E-state index >= 15 is 0 Å². The summed E-state index contributed by atoms with van der Waals surface area (Å²) in [7, 11) is 0. The van der Waals surface area contributed by atoms with Crippen molar-refractivity contribution < 1.29 is 55.3 Å². The first-order valence-electron chi connectivity index (χ1n) is 10.9. The second-order valence-corrected chi connectivity index (χ2v) is 8.00. The first-order chi connectivity index (χ1) is 19.0. The number of H-pyrrole nitrogens is 1. The van der Waals surface area contributed by atoms with Crippen molar-refractivity contribution in [1.29, 1.82) is 5.41 Å².